The van der Waals surface area contributed by atoms with E-state index in [0.29, 0.717) is 0 Å². The van der Waals surface area contributed by atoms with Crippen LogP contribution in [-0.2, 0) is 16.2 Å². The van der Waals surface area contributed by atoms with E-state index in [1.54, 1.807) is 0 Å². The first-order chi connectivity index (χ1) is 41.6. The molecule has 4 heteroatoms. The standard InChI is InChI=1S/C82H64N4/c1-80(2,3)50-40-59(49-33-35-72-61(37-49)57-29-19-21-31-70(57)84(72)54-25-14-11-15-26-54)77-65(42-50)63-38-47-22-16-17-27-55(47)75-68-46-73-62(45-74(68)86(77)79(63)75)64-41-52(82(7,8)9)44-67-66-43-51(81(4,5)6)39-58(76(66)85(73)78(64)67)48-32-34-71-60(36-48)56-28-18-20-30-69(56)83(71)53-23-12-10-13-24-53/h10-46H,1-9H3. The molecule has 12 aromatic carbocycles. The molecule has 0 amide bonds. The Bertz CT molecular complexity index is 5920. The van der Waals surface area contributed by atoms with Crippen molar-refractivity contribution in [1.29, 1.82) is 0 Å². The average molecular weight is 1110 g/mol. The van der Waals surface area contributed by atoms with Crippen molar-refractivity contribution >= 4 is 131 Å². The third-order valence-corrected chi connectivity index (χ3v) is 19.6. The highest BCUT2D eigenvalue weighted by atomic mass is 15.0. The first kappa shape index (κ1) is 49.5. The van der Waals surface area contributed by atoms with E-state index in [4.69, 9.17) is 0 Å². The minimum Gasteiger partial charge on any atom is -0.309 e. The summed E-state index contributed by atoms with van der Waals surface area (Å²) in [7, 11) is 0. The molecule has 0 N–H and O–H groups in total. The minimum absolute atomic E-state index is 0.104. The monoisotopic (exact) mass is 1100 g/mol. The van der Waals surface area contributed by atoms with Gasteiger partial charge in [0.25, 0.3) is 0 Å². The number of benzene rings is 12. The van der Waals surface area contributed by atoms with E-state index in [1.165, 1.54) is 181 Å². The summed E-state index contributed by atoms with van der Waals surface area (Å²) in [4.78, 5) is 0. The molecule has 6 heterocycles. The Balaban J connectivity index is 0.988. The quantitative estimate of drug-likeness (QED) is 0.167. The van der Waals surface area contributed by atoms with E-state index in [0.717, 1.165) is 0 Å². The van der Waals surface area contributed by atoms with Crippen LogP contribution < -0.4 is 0 Å². The normalized spacial score (nSPS) is 13.2. The highest BCUT2D eigenvalue weighted by Crippen LogP contribution is 2.52. The summed E-state index contributed by atoms with van der Waals surface area (Å²) < 4.78 is 10.2. The zero-order valence-electron chi connectivity index (χ0n) is 50.2. The highest BCUT2D eigenvalue weighted by Gasteiger charge is 2.31. The predicted molar refractivity (Wildman–Crippen MR) is 369 cm³/mol. The molecule has 0 atom stereocenters. The molecule has 0 unspecified atom stereocenters. The van der Waals surface area contributed by atoms with Crippen LogP contribution in [0.5, 0.6) is 0 Å². The van der Waals surface area contributed by atoms with Crippen molar-refractivity contribution in [2.45, 2.75) is 78.6 Å². The van der Waals surface area contributed by atoms with Crippen molar-refractivity contribution in [2.24, 2.45) is 0 Å². The number of nitrogens with zero attached hydrogens (tertiary/aromatic N) is 4. The molecule has 0 aliphatic rings. The maximum atomic E-state index is 2.68. The van der Waals surface area contributed by atoms with Gasteiger partial charge >= 0.3 is 0 Å². The molecular weight excluding hydrogens is 1040 g/mol. The Kier molecular flexibility index (Phi) is 9.74. The van der Waals surface area contributed by atoms with E-state index in [2.05, 4.69) is 305 Å². The molecular formula is C82H64N4. The summed E-state index contributed by atoms with van der Waals surface area (Å²) in [6, 6.07) is 85.9. The summed E-state index contributed by atoms with van der Waals surface area (Å²) in [5, 5.41) is 17.9. The van der Waals surface area contributed by atoms with Crippen molar-refractivity contribution in [1.82, 2.24) is 17.9 Å². The minimum atomic E-state index is -0.105. The zero-order valence-corrected chi connectivity index (χ0v) is 50.2. The first-order valence-corrected chi connectivity index (χ1v) is 30.7. The Morgan fingerprint density at radius 1 is 0.244 bits per heavy atom. The van der Waals surface area contributed by atoms with Crippen molar-refractivity contribution < 1.29 is 0 Å². The largest absolute Gasteiger partial charge is 0.309 e. The smallest absolute Gasteiger partial charge is 0.0627 e. The number of hydrogen-bond acceptors (Lipinski definition) is 0. The van der Waals surface area contributed by atoms with Gasteiger partial charge in [-0.3, -0.25) is 0 Å². The van der Waals surface area contributed by atoms with Crippen LogP contribution in [0.3, 0.4) is 0 Å². The summed E-state index contributed by atoms with van der Waals surface area (Å²) in [5.41, 5.74) is 23.4. The van der Waals surface area contributed by atoms with Crippen molar-refractivity contribution in [2.75, 3.05) is 0 Å². The number of para-hydroxylation sites is 4. The fourth-order valence-corrected chi connectivity index (χ4v) is 15.3. The Hall–Kier alpha value is -9.90. The van der Waals surface area contributed by atoms with E-state index >= 15 is 0 Å². The van der Waals surface area contributed by atoms with Gasteiger partial charge in [0.1, 0.15) is 0 Å². The molecule has 0 radical (unpaired) electrons. The molecule has 0 bridgehead atoms. The van der Waals surface area contributed by atoms with E-state index in [-0.39, 0.29) is 16.2 Å². The molecule has 86 heavy (non-hydrogen) atoms. The van der Waals surface area contributed by atoms with Crippen molar-refractivity contribution in [3.63, 3.8) is 0 Å². The molecule has 0 fully saturated rings. The van der Waals surface area contributed by atoms with Gasteiger partial charge in [0.05, 0.1) is 55.2 Å². The molecule has 0 saturated heterocycles. The van der Waals surface area contributed by atoms with Crippen LogP contribution in [0, 0.1) is 0 Å². The zero-order chi connectivity index (χ0) is 58.0. The molecule has 18 aromatic rings. The molecule has 0 aliphatic heterocycles. The number of rotatable bonds is 4. The number of hydrogen-bond donors (Lipinski definition) is 0. The molecule has 0 spiro atoms. The summed E-state index contributed by atoms with van der Waals surface area (Å²) in [6.07, 6.45) is 0. The van der Waals surface area contributed by atoms with Crippen molar-refractivity contribution in [3.8, 4) is 33.6 Å². The second-order valence-corrected chi connectivity index (χ2v) is 27.8. The van der Waals surface area contributed by atoms with E-state index in [9.17, 15) is 0 Å². The van der Waals surface area contributed by atoms with E-state index < -0.39 is 0 Å². The fraction of sp³-hybridized carbons (Fsp3) is 0.146. The SMILES string of the molecule is CC(C)(C)c1cc(-c2ccc3c(c2)c2ccccc2n3-c2ccccc2)c2c(c1)c1cc(C(C)(C)C)cc3c4cc5c(cc4n2c31)c1c2ccccc2cc2c3cc(C(C)(C)C)cc(-c4ccc6c(c4)c4ccccc4n6-c4ccccc4)c3n5c21. The summed E-state index contributed by atoms with van der Waals surface area (Å²) >= 11 is 0. The lowest BCUT2D eigenvalue weighted by Gasteiger charge is -2.22. The lowest BCUT2D eigenvalue weighted by molar-refractivity contribution is 0.591. The van der Waals surface area contributed by atoms with Crippen LogP contribution in [0.15, 0.2) is 224 Å². The van der Waals surface area contributed by atoms with Gasteiger partial charge < -0.3 is 17.9 Å². The third-order valence-electron chi connectivity index (χ3n) is 19.6. The molecule has 18 rings (SSSR count). The van der Waals surface area contributed by atoms with Crippen molar-refractivity contribution in [3.05, 3.63) is 241 Å². The van der Waals surface area contributed by atoms with Crippen LogP contribution >= 0.6 is 0 Å². The van der Waals surface area contributed by atoms with Gasteiger partial charge in [-0.15, -0.1) is 0 Å². The summed E-state index contributed by atoms with van der Waals surface area (Å²) in [5.74, 6) is 0. The molecule has 412 valence electrons. The third kappa shape index (κ3) is 6.70. The second kappa shape index (κ2) is 16.9. The van der Waals surface area contributed by atoms with Crippen LogP contribution in [0.2, 0.25) is 0 Å². The van der Waals surface area contributed by atoms with Gasteiger partial charge in [-0.05, 0) is 170 Å². The lowest BCUT2D eigenvalue weighted by Crippen LogP contribution is -2.11. The number of fused-ring (bicyclic) bond motifs is 20. The van der Waals surface area contributed by atoms with E-state index in [1.807, 2.05) is 0 Å². The van der Waals surface area contributed by atoms with Gasteiger partial charge in [-0.2, -0.15) is 0 Å². The van der Waals surface area contributed by atoms with Gasteiger partial charge in [0.15, 0.2) is 0 Å². The second-order valence-electron chi connectivity index (χ2n) is 27.8. The average Bonchev–Trinajstić information content (AvgIpc) is 1.52. The van der Waals surface area contributed by atoms with Crippen LogP contribution in [0.25, 0.3) is 164 Å². The maximum Gasteiger partial charge on any atom is 0.0627 e. The first-order valence-electron chi connectivity index (χ1n) is 30.7. The lowest BCUT2D eigenvalue weighted by atomic mass is 9.83. The molecule has 4 nitrogen and oxygen atoms in total. The topological polar surface area (TPSA) is 18.7 Å². The van der Waals surface area contributed by atoms with Gasteiger partial charge in [-0.1, -0.05) is 172 Å². The predicted octanol–water partition coefficient (Wildman–Crippen LogP) is 22.6. The van der Waals surface area contributed by atoms with Crippen LogP contribution in [0.4, 0.5) is 0 Å². The molecule has 6 aromatic heterocycles. The van der Waals surface area contributed by atoms with Gasteiger partial charge in [0.2, 0.25) is 0 Å². The van der Waals surface area contributed by atoms with Gasteiger partial charge in [-0.25, -0.2) is 0 Å². The Labute approximate surface area is 499 Å². The highest BCUT2D eigenvalue weighted by molar-refractivity contribution is 6.35. The maximum absolute atomic E-state index is 2.68. The Morgan fingerprint density at radius 2 is 0.616 bits per heavy atom. The van der Waals surface area contributed by atoms with Crippen LogP contribution in [-0.4, -0.2) is 17.9 Å². The fourth-order valence-electron chi connectivity index (χ4n) is 15.3. The Morgan fingerprint density at radius 3 is 1.13 bits per heavy atom. The van der Waals surface area contributed by atoms with Crippen LogP contribution in [0.1, 0.15) is 79.0 Å². The molecule has 0 aliphatic carbocycles. The summed E-state index contributed by atoms with van der Waals surface area (Å²) in [6.45, 7) is 21.3. The van der Waals surface area contributed by atoms with Gasteiger partial charge in [0, 0.05) is 87.1 Å². The molecule has 0 saturated carbocycles. The number of aromatic nitrogens is 4.